The summed E-state index contributed by atoms with van der Waals surface area (Å²) in [6.45, 7) is 0.349. The molecule has 1 amide bonds. The molecule has 23 heavy (non-hydrogen) atoms. The van der Waals surface area contributed by atoms with Gasteiger partial charge in [0.15, 0.2) is 0 Å². The fourth-order valence-electron chi connectivity index (χ4n) is 2.14. The largest absolute Gasteiger partial charge is 0.405 e. The molecule has 0 saturated heterocycles. The van der Waals surface area contributed by atoms with Crippen molar-refractivity contribution in [3.05, 3.63) is 16.8 Å². The minimum Gasteiger partial charge on any atom is -0.360 e. The molecule has 2 aromatic rings. The third-order valence-corrected chi connectivity index (χ3v) is 4.32. The maximum Gasteiger partial charge on any atom is 0.405 e. The number of alkyl halides is 3. The van der Waals surface area contributed by atoms with Crippen LogP contribution < -0.4 is 10.6 Å². The van der Waals surface area contributed by atoms with Crippen LogP contribution in [0.25, 0.3) is 10.2 Å². The Hall–Kier alpha value is -1.90. The van der Waals surface area contributed by atoms with Gasteiger partial charge in [-0.15, -0.1) is 11.3 Å². The third-order valence-electron chi connectivity index (χ3n) is 3.38. The van der Waals surface area contributed by atoms with E-state index in [9.17, 15) is 18.0 Å². The first-order valence-electron chi connectivity index (χ1n) is 7.17. The minimum absolute atomic E-state index is 0.263. The van der Waals surface area contributed by atoms with Crippen molar-refractivity contribution < 1.29 is 18.0 Å². The lowest BCUT2D eigenvalue weighted by Crippen LogP contribution is -2.37. The summed E-state index contributed by atoms with van der Waals surface area (Å²) in [6.07, 6.45) is -2.33. The topological polar surface area (TPSA) is 66.9 Å². The molecule has 0 unspecified atom stereocenters. The van der Waals surface area contributed by atoms with Gasteiger partial charge in [0.1, 0.15) is 23.0 Å². The van der Waals surface area contributed by atoms with Crippen LogP contribution in [0.5, 0.6) is 0 Å². The normalized spacial score (nSPS) is 15.0. The van der Waals surface area contributed by atoms with Crippen LogP contribution in [0, 0.1) is 6.92 Å². The van der Waals surface area contributed by atoms with E-state index in [1.165, 1.54) is 11.3 Å². The van der Waals surface area contributed by atoms with Gasteiger partial charge in [0.2, 0.25) is 5.91 Å². The zero-order valence-electron chi connectivity index (χ0n) is 12.3. The number of fused-ring (bicyclic) bond motifs is 1. The van der Waals surface area contributed by atoms with Crippen LogP contribution in [0.15, 0.2) is 6.07 Å². The van der Waals surface area contributed by atoms with Gasteiger partial charge in [0.25, 0.3) is 0 Å². The third kappa shape index (κ3) is 4.10. The van der Waals surface area contributed by atoms with E-state index in [-0.39, 0.29) is 6.54 Å². The van der Waals surface area contributed by atoms with E-state index in [4.69, 9.17) is 0 Å². The number of thiophene rings is 1. The molecule has 0 aromatic carbocycles. The number of amides is 1. The molecule has 2 heterocycles. The van der Waals surface area contributed by atoms with Gasteiger partial charge in [-0.25, -0.2) is 9.97 Å². The summed E-state index contributed by atoms with van der Waals surface area (Å²) >= 11 is 1.53. The highest BCUT2D eigenvalue weighted by Crippen LogP contribution is 2.40. The van der Waals surface area contributed by atoms with Crippen molar-refractivity contribution in [3.63, 3.8) is 0 Å². The van der Waals surface area contributed by atoms with Gasteiger partial charge in [-0.05, 0) is 25.8 Å². The Kier molecular flexibility index (Phi) is 4.13. The van der Waals surface area contributed by atoms with Crippen LogP contribution in [0.1, 0.15) is 29.5 Å². The summed E-state index contributed by atoms with van der Waals surface area (Å²) < 4.78 is 36.3. The molecule has 1 aliphatic rings. The second-order valence-electron chi connectivity index (χ2n) is 5.53. The SMILES string of the molecule is Cc1cc2c(NCC(=O)NCC(F)(F)F)nc(C3CC3)nc2s1. The standard InChI is InChI=1S/C14H15F3N4OS/c1-7-4-9-12(18-5-10(22)19-6-14(15,16)17)20-11(8-2-3-8)21-13(9)23-7/h4,8H,2-3,5-6H2,1H3,(H,19,22)(H,18,20,21). The number of hydrogen-bond acceptors (Lipinski definition) is 5. The van der Waals surface area contributed by atoms with Gasteiger partial charge in [0.05, 0.1) is 11.9 Å². The lowest BCUT2D eigenvalue weighted by molar-refractivity contribution is -0.137. The number of aryl methyl sites for hydroxylation is 1. The van der Waals surface area contributed by atoms with Crippen molar-refractivity contribution in [2.24, 2.45) is 0 Å². The van der Waals surface area contributed by atoms with Crippen molar-refractivity contribution in [2.45, 2.75) is 31.9 Å². The lowest BCUT2D eigenvalue weighted by Gasteiger charge is -2.10. The van der Waals surface area contributed by atoms with Gasteiger partial charge >= 0.3 is 6.18 Å². The average molecular weight is 344 g/mol. The quantitative estimate of drug-likeness (QED) is 0.875. The first kappa shape index (κ1) is 16.0. The predicted molar refractivity (Wildman–Crippen MR) is 81.7 cm³/mol. The molecule has 3 rings (SSSR count). The Morgan fingerprint density at radius 2 is 2.13 bits per heavy atom. The maximum atomic E-state index is 12.1. The second kappa shape index (κ2) is 5.95. The van der Waals surface area contributed by atoms with Gasteiger partial charge in [0, 0.05) is 10.8 Å². The fourth-order valence-corrected chi connectivity index (χ4v) is 3.03. The van der Waals surface area contributed by atoms with Crippen LogP contribution in [0.4, 0.5) is 19.0 Å². The Labute approximate surface area is 134 Å². The van der Waals surface area contributed by atoms with Gasteiger partial charge < -0.3 is 10.6 Å². The molecule has 1 aliphatic carbocycles. The van der Waals surface area contributed by atoms with E-state index in [1.54, 1.807) is 0 Å². The van der Waals surface area contributed by atoms with Crippen LogP contribution in [0.3, 0.4) is 0 Å². The zero-order chi connectivity index (χ0) is 16.6. The van der Waals surface area contributed by atoms with Crippen LogP contribution in [0.2, 0.25) is 0 Å². The highest BCUT2D eigenvalue weighted by molar-refractivity contribution is 7.18. The van der Waals surface area contributed by atoms with Gasteiger partial charge in [-0.3, -0.25) is 4.79 Å². The minimum atomic E-state index is -4.42. The number of carbonyl (C=O) groups is 1. The average Bonchev–Trinajstić information content (AvgIpc) is 3.23. The highest BCUT2D eigenvalue weighted by Gasteiger charge is 2.29. The van der Waals surface area contributed by atoms with Crippen molar-refractivity contribution in [1.29, 1.82) is 0 Å². The zero-order valence-corrected chi connectivity index (χ0v) is 13.1. The Morgan fingerprint density at radius 1 is 1.39 bits per heavy atom. The number of nitrogens with zero attached hydrogens (tertiary/aromatic N) is 2. The van der Waals surface area contributed by atoms with Gasteiger partial charge in [-0.2, -0.15) is 13.2 Å². The predicted octanol–water partition coefficient (Wildman–Crippen LogP) is 2.97. The first-order valence-corrected chi connectivity index (χ1v) is 7.99. The Morgan fingerprint density at radius 3 is 2.78 bits per heavy atom. The molecule has 1 fully saturated rings. The molecule has 2 N–H and O–H groups in total. The Bertz CT molecular complexity index is 739. The molecule has 9 heteroatoms. The maximum absolute atomic E-state index is 12.1. The summed E-state index contributed by atoms with van der Waals surface area (Å²) in [7, 11) is 0. The first-order chi connectivity index (χ1) is 10.8. The van der Waals surface area contributed by atoms with Crippen LogP contribution in [-0.4, -0.2) is 35.1 Å². The molecule has 124 valence electrons. The smallest absolute Gasteiger partial charge is 0.360 e. The molecule has 0 aliphatic heterocycles. The molecule has 0 atom stereocenters. The second-order valence-corrected chi connectivity index (χ2v) is 6.76. The number of aromatic nitrogens is 2. The fraction of sp³-hybridized carbons (Fsp3) is 0.500. The van der Waals surface area contributed by atoms with Gasteiger partial charge in [-0.1, -0.05) is 0 Å². The number of nitrogens with one attached hydrogen (secondary N) is 2. The van der Waals surface area contributed by atoms with Crippen molar-refractivity contribution in [1.82, 2.24) is 15.3 Å². The van der Waals surface area contributed by atoms with E-state index in [1.807, 2.05) is 18.3 Å². The van der Waals surface area contributed by atoms with E-state index in [0.717, 1.165) is 33.8 Å². The summed E-state index contributed by atoms with van der Waals surface area (Å²) in [5.41, 5.74) is 0. The van der Waals surface area contributed by atoms with Crippen LogP contribution >= 0.6 is 11.3 Å². The molecule has 0 bridgehead atoms. The molecular formula is C14H15F3N4OS. The number of anilines is 1. The molecule has 2 aromatic heterocycles. The van der Waals surface area contributed by atoms with E-state index < -0.39 is 18.6 Å². The molecule has 1 saturated carbocycles. The van der Waals surface area contributed by atoms with Crippen LogP contribution in [-0.2, 0) is 4.79 Å². The monoisotopic (exact) mass is 344 g/mol. The summed E-state index contributed by atoms with van der Waals surface area (Å²) in [4.78, 5) is 22.4. The number of rotatable bonds is 5. The lowest BCUT2D eigenvalue weighted by atomic mass is 10.3. The highest BCUT2D eigenvalue weighted by atomic mass is 32.1. The molecular weight excluding hydrogens is 329 g/mol. The van der Waals surface area contributed by atoms with Crippen molar-refractivity contribution in [2.75, 3.05) is 18.4 Å². The summed E-state index contributed by atoms with van der Waals surface area (Å²) in [5.74, 6) is 0.858. The summed E-state index contributed by atoms with van der Waals surface area (Å²) in [6, 6.07) is 1.91. The summed E-state index contributed by atoms with van der Waals surface area (Å²) in [5, 5.41) is 5.46. The number of halogens is 3. The van der Waals surface area contributed by atoms with E-state index in [0.29, 0.717) is 11.7 Å². The number of carbonyl (C=O) groups excluding carboxylic acids is 1. The van der Waals surface area contributed by atoms with Crippen molar-refractivity contribution >= 4 is 33.3 Å². The molecule has 0 radical (unpaired) electrons. The molecule has 5 nitrogen and oxygen atoms in total. The van der Waals surface area contributed by atoms with E-state index in [2.05, 4.69) is 15.3 Å². The number of hydrogen-bond donors (Lipinski definition) is 2. The van der Waals surface area contributed by atoms with E-state index >= 15 is 0 Å². The van der Waals surface area contributed by atoms with Crippen molar-refractivity contribution in [3.8, 4) is 0 Å². The Balaban J connectivity index is 1.72. The molecule has 0 spiro atoms.